The van der Waals surface area contributed by atoms with Gasteiger partial charge in [-0.2, -0.15) is 0 Å². The Kier molecular flexibility index (Phi) is 4.86. The second kappa shape index (κ2) is 5.96. The maximum atomic E-state index is 3.80. The van der Waals surface area contributed by atoms with E-state index in [2.05, 4.69) is 44.8 Å². The van der Waals surface area contributed by atoms with E-state index in [-0.39, 0.29) is 5.54 Å². The van der Waals surface area contributed by atoms with Crippen molar-refractivity contribution in [3.05, 3.63) is 0 Å². The summed E-state index contributed by atoms with van der Waals surface area (Å²) in [5.74, 6) is 0. The fourth-order valence-electron chi connectivity index (χ4n) is 3.98. The summed E-state index contributed by atoms with van der Waals surface area (Å²) in [6.45, 7) is 16.9. The number of hydrogen-bond acceptors (Lipinski definition) is 2. The van der Waals surface area contributed by atoms with Crippen LogP contribution in [0.1, 0.15) is 73.1 Å². The van der Waals surface area contributed by atoms with Gasteiger partial charge >= 0.3 is 0 Å². The van der Waals surface area contributed by atoms with Crippen molar-refractivity contribution in [2.45, 2.75) is 78.7 Å². The molecule has 0 radical (unpaired) electrons. The van der Waals surface area contributed by atoms with Gasteiger partial charge in [0, 0.05) is 25.2 Å². The molecule has 0 spiro atoms. The van der Waals surface area contributed by atoms with Gasteiger partial charge in [-0.25, -0.2) is 0 Å². The predicted molar refractivity (Wildman–Crippen MR) is 88.1 cm³/mol. The van der Waals surface area contributed by atoms with Gasteiger partial charge in [0.25, 0.3) is 0 Å². The molecule has 1 N–H and O–H groups in total. The minimum Gasteiger partial charge on any atom is -0.311 e. The van der Waals surface area contributed by atoms with Gasteiger partial charge in [-0.3, -0.25) is 0 Å². The van der Waals surface area contributed by atoms with Crippen LogP contribution in [0.4, 0.5) is 0 Å². The maximum absolute atomic E-state index is 3.80. The van der Waals surface area contributed by atoms with Gasteiger partial charge in [-0.15, -0.1) is 0 Å². The van der Waals surface area contributed by atoms with E-state index in [1.165, 1.54) is 64.7 Å². The topological polar surface area (TPSA) is 15.3 Å². The van der Waals surface area contributed by atoms with Gasteiger partial charge in [0.15, 0.2) is 0 Å². The number of hydrogen-bond donors (Lipinski definition) is 1. The largest absolute Gasteiger partial charge is 0.311 e. The van der Waals surface area contributed by atoms with Crippen LogP contribution in [0.2, 0.25) is 0 Å². The Balaban J connectivity index is 1.96. The number of rotatable bonds is 4. The molecule has 2 rings (SSSR count). The lowest BCUT2D eigenvalue weighted by Gasteiger charge is -2.42. The summed E-state index contributed by atoms with van der Waals surface area (Å²) in [5, 5.41) is 3.80. The molecule has 1 saturated carbocycles. The molecule has 118 valence electrons. The lowest BCUT2D eigenvalue weighted by Crippen LogP contribution is -2.49. The fourth-order valence-corrected chi connectivity index (χ4v) is 3.98. The summed E-state index contributed by atoms with van der Waals surface area (Å²) >= 11 is 0. The molecule has 0 unspecified atom stereocenters. The third kappa shape index (κ3) is 4.73. The van der Waals surface area contributed by atoms with E-state index in [1.54, 1.807) is 0 Å². The van der Waals surface area contributed by atoms with Crippen LogP contribution in [0.25, 0.3) is 0 Å². The van der Waals surface area contributed by atoms with E-state index in [9.17, 15) is 0 Å². The molecule has 0 amide bonds. The van der Waals surface area contributed by atoms with Crippen LogP contribution in [-0.4, -0.2) is 36.6 Å². The zero-order valence-corrected chi connectivity index (χ0v) is 14.5. The highest BCUT2D eigenvalue weighted by atomic mass is 15.2. The molecule has 20 heavy (non-hydrogen) atoms. The molecular weight excluding hydrogens is 244 g/mol. The van der Waals surface area contributed by atoms with Crippen molar-refractivity contribution in [3.8, 4) is 0 Å². The number of nitrogens with zero attached hydrogens (tertiary/aromatic N) is 1. The highest BCUT2D eigenvalue weighted by molar-refractivity contribution is 4.93. The van der Waals surface area contributed by atoms with Gasteiger partial charge < -0.3 is 10.2 Å². The lowest BCUT2D eigenvalue weighted by atomic mass is 9.73. The second-order valence-electron chi connectivity index (χ2n) is 9.29. The Morgan fingerprint density at radius 2 is 1.65 bits per heavy atom. The van der Waals surface area contributed by atoms with Crippen LogP contribution in [0.3, 0.4) is 0 Å². The van der Waals surface area contributed by atoms with Crippen molar-refractivity contribution in [3.63, 3.8) is 0 Å². The van der Waals surface area contributed by atoms with Crippen LogP contribution in [-0.2, 0) is 0 Å². The van der Waals surface area contributed by atoms with Gasteiger partial charge in [0.2, 0.25) is 0 Å². The first kappa shape index (κ1) is 16.3. The van der Waals surface area contributed by atoms with E-state index >= 15 is 0 Å². The number of likely N-dealkylation sites (tertiary alicyclic amines) is 1. The Hall–Kier alpha value is -0.0800. The lowest BCUT2D eigenvalue weighted by molar-refractivity contribution is 0.103. The zero-order chi connectivity index (χ0) is 14.9. The molecule has 0 aromatic rings. The first-order valence-corrected chi connectivity index (χ1v) is 8.67. The van der Waals surface area contributed by atoms with E-state index < -0.39 is 0 Å². The molecule has 0 bridgehead atoms. The molecule has 2 heteroatoms. The van der Waals surface area contributed by atoms with Crippen LogP contribution >= 0.6 is 0 Å². The molecular formula is C18H36N2. The summed E-state index contributed by atoms with van der Waals surface area (Å²) < 4.78 is 0. The first-order chi connectivity index (χ1) is 9.20. The number of nitrogens with one attached hydrogen (secondary N) is 1. The quantitative estimate of drug-likeness (QED) is 0.835. The average molecular weight is 280 g/mol. The van der Waals surface area contributed by atoms with Crippen molar-refractivity contribution in [1.29, 1.82) is 0 Å². The van der Waals surface area contributed by atoms with Gasteiger partial charge in [-0.05, 0) is 57.4 Å². The third-order valence-electron chi connectivity index (χ3n) is 5.22. The second-order valence-corrected chi connectivity index (χ2v) is 9.29. The minimum absolute atomic E-state index is 0.245. The van der Waals surface area contributed by atoms with Crippen LogP contribution in [0, 0.1) is 10.8 Å². The van der Waals surface area contributed by atoms with Crippen molar-refractivity contribution < 1.29 is 0 Å². The van der Waals surface area contributed by atoms with E-state index in [0.29, 0.717) is 10.8 Å². The fraction of sp³-hybridized carbons (Fsp3) is 1.00. The normalized spacial score (nSPS) is 26.9. The molecule has 2 fully saturated rings. The highest BCUT2D eigenvalue weighted by Crippen LogP contribution is 2.39. The average Bonchev–Trinajstić information content (AvgIpc) is 2.67. The monoisotopic (exact) mass is 280 g/mol. The summed E-state index contributed by atoms with van der Waals surface area (Å²) in [7, 11) is 0. The molecule has 1 heterocycles. The van der Waals surface area contributed by atoms with Crippen molar-refractivity contribution in [2.24, 2.45) is 10.8 Å². The standard InChI is InChI=1S/C18H36N2/c1-16(2,3)19-13-18(9-7-6-8-10-18)15-20-12-11-17(4,5)14-20/h19H,6-15H2,1-5H3. The maximum Gasteiger partial charge on any atom is 0.00967 e. The van der Waals surface area contributed by atoms with E-state index in [0.717, 1.165) is 0 Å². The first-order valence-electron chi connectivity index (χ1n) is 8.67. The Morgan fingerprint density at radius 3 is 2.15 bits per heavy atom. The van der Waals surface area contributed by atoms with Crippen LogP contribution in [0.5, 0.6) is 0 Å². The predicted octanol–water partition coefficient (Wildman–Crippen LogP) is 4.06. The molecule has 0 aromatic carbocycles. The van der Waals surface area contributed by atoms with E-state index in [4.69, 9.17) is 0 Å². The summed E-state index contributed by atoms with van der Waals surface area (Å²) in [6.07, 6.45) is 8.53. The van der Waals surface area contributed by atoms with Crippen molar-refractivity contribution in [1.82, 2.24) is 10.2 Å². The molecule has 1 saturated heterocycles. The highest BCUT2D eigenvalue weighted by Gasteiger charge is 2.38. The van der Waals surface area contributed by atoms with E-state index in [1.807, 2.05) is 0 Å². The van der Waals surface area contributed by atoms with Crippen LogP contribution in [0.15, 0.2) is 0 Å². The molecule has 1 aliphatic heterocycles. The Bertz CT molecular complexity index is 308. The minimum atomic E-state index is 0.245. The Morgan fingerprint density at radius 1 is 1.00 bits per heavy atom. The van der Waals surface area contributed by atoms with Crippen molar-refractivity contribution >= 4 is 0 Å². The summed E-state index contributed by atoms with van der Waals surface area (Å²) in [5.41, 5.74) is 1.31. The zero-order valence-electron chi connectivity index (χ0n) is 14.5. The molecule has 0 atom stereocenters. The van der Waals surface area contributed by atoms with Gasteiger partial charge in [0.1, 0.15) is 0 Å². The SMILES string of the molecule is CC1(C)CCN(CC2(CNC(C)(C)C)CCCCC2)C1. The van der Waals surface area contributed by atoms with Crippen LogP contribution < -0.4 is 5.32 Å². The van der Waals surface area contributed by atoms with Gasteiger partial charge in [0.05, 0.1) is 0 Å². The summed E-state index contributed by atoms with van der Waals surface area (Å²) in [6, 6.07) is 0. The van der Waals surface area contributed by atoms with Crippen molar-refractivity contribution in [2.75, 3.05) is 26.2 Å². The summed E-state index contributed by atoms with van der Waals surface area (Å²) in [4.78, 5) is 2.75. The smallest absolute Gasteiger partial charge is 0.00967 e. The molecule has 2 nitrogen and oxygen atoms in total. The Labute approximate surface area is 126 Å². The molecule has 1 aliphatic carbocycles. The molecule has 2 aliphatic rings. The van der Waals surface area contributed by atoms with Gasteiger partial charge in [-0.1, -0.05) is 33.1 Å². The molecule has 0 aromatic heterocycles. The third-order valence-corrected chi connectivity index (χ3v) is 5.22.